The normalized spacial score (nSPS) is 11.2. The second kappa shape index (κ2) is 9.27. The van der Waals surface area contributed by atoms with Gasteiger partial charge in [-0.15, -0.1) is 0 Å². The highest BCUT2D eigenvalue weighted by atomic mass is 16.7. The maximum Gasteiger partial charge on any atom is 0.515 e. The van der Waals surface area contributed by atoms with Crippen LogP contribution in [0, 0.1) is 0 Å². The van der Waals surface area contributed by atoms with Crippen molar-refractivity contribution in [3.8, 4) is 5.88 Å². The Kier molecular flexibility index (Phi) is 7.06. The first-order chi connectivity index (χ1) is 11.6. The Morgan fingerprint density at radius 1 is 1.29 bits per heavy atom. The molecule has 0 radical (unpaired) electrons. The fraction of sp³-hybridized carbons (Fsp3) is 0.556. The van der Waals surface area contributed by atoms with Gasteiger partial charge in [0.2, 0.25) is 5.88 Å². The predicted octanol–water partition coefficient (Wildman–Crippen LogP) is 3.76. The van der Waals surface area contributed by atoms with Gasteiger partial charge in [-0.1, -0.05) is 26.2 Å². The van der Waals surface area contributed by atoms with E-state index >= 15 is 0 Å². The molecule has 2 aromatic rings. The van der Waals surface area contributed by atoms with Crippen molar-refractivity contribution in [1.29, 1.82) is 0 Å². The number of nitrogens with one attached hydrogen (secondary N) is 1. The van der Waals surface area contributed by atoms with E-state index in [-0.39, 0.29) is 0 Å². The Morgan fingerprint density at radius 3 is 2.88 bits per heavy atom. The first-order valence-corrected chi connectivity index (χ1v) is 8.56. The van der Waals surface area contributed by atoms with Crippen LogP contribution in [0.3, 0.4) is 0 Å². The van der Waals surface area contributed by atoms with Crippen LogP contribution in [0.5, 0.6) is 5.88 Å². The summed E-state index contributed by atoms with van der Waals surface area (Å²) in [5.41, 5.74) is 1.99. The fourth-order valence-electron chi connectivity index (χ4n) is 2.52. The molecule has 0 saturated carbocycles. The quantitative estimate of drug-likeness (QED) is 0.559. The molecular weight excluding hydrogens is 306 g/mol. The highest BCUT2D eigenvalue weighted by molar-refractivity contribution is 5.89. The summed E-state index contributed by atoms with van der Waals surface area (Å²) in [6.07, 6.45) is 7.95. The smallest absolute Gasteiger partial charge is 0.434 e. The minimum Gasteiger partial charge on any atom is -0.434 e. The number of unbranched alkanes of at least 4 members (excludes halogenated alkanes) is 3. The van der Waals surface area contributed by atoms with Gasteiger partial charge in [-0.25, -0.2) is 9.78 Å². The summed E-state index contributed by atoms with van der Waals surface area (Å²) in [5.74, 6) is 0.307. The maximum absolute atomic E-state index is 11.9. The lowest BCUT2D eigenvalue weighted by Gasteiger charge is -2.10. The van der Waals surface area contributed by atoms with Crippen LogP contribution < -0.4 is 4.74 Å². The number of aromatic nitrogens is 2. The molecule has 0 aliphatic carbocycles. The second-order valence-electron chi connectivity index (χ2n) is 6.17. The van der Waals surface area contributed by atoms with Crippen LogP contribution in [-0.4, -0.2) is 48.3 Å². The number of ether oxygens (including phenoxy) is 2. The molecule has 0 fully saturated rings. The van der Waals surface area contributed by atoms with Gasteiger partial charge in [0.1, 0.15) is 0 Å². The number of aromatic amines is 1. The summed E-state index contributed by atoms with van der Waals surface area (Å²) < 4.78 is 10.5. The molecule has 0 aromatic carbocycles. The zero-order chi connectivity index (χ0) is 17.4. The monoisotopic (exact) mass is 333 g/mol. The summed E-state index contributed by atoms with van der Waals surface area (Å²) in [6, 6.07) is 1.87. The van der Waals surface area contributed by atoms with Gasteiger partial charge in [0, 0.05) is 18.9 Å². The van der Waals surface area contributed by atoms with Gasteiger partial charge in [0.25, 0.3) is 0 Å². The number of carbonyl (C=O) groups excluding carboxylic acids is 1. The minimum absolute atomic E-state index is 0.307. The van der Waals surface area contributed by atoms with Crippen LogP contribution in [0.25, 0.3) is 10.9 Å². The topological polar surface area (TPSA) is 67.5 Å². The van der Waals surface area contributed by atoms with Gasteiger partial charge in [0.15, 0.2) is 0 Å². The minimum atomic E-state index is -0.689. The van der Waals surface area contributed by atoms with Crippen molar-refractivity contribution in [3.05, 3.63) is 24.0 Å². The highest BCUT2D eigenvalue weighted by Gasteiger charge is 2.15. The van der Waals surface area contributed by atoms with E-state index in [4.69, 9.17) is 9.47 Å². The highest BCUT2D eigenvalue weighted by Crippen LogP contribution is 2.27. The summed E-state index contributed by atoms with van der Waals surface area (Å²) in [5, 5.41) is 0.849. The van der Waals surface area contributed by atoms with Crippen LogP contribution in [0.1, 0.15) is 38.2 Å². The molecular formula is C18H27N3O3. The molecule has 0 bridgehead atoms. The number of carbonyl (C=O) groups is 1. The standard InChI is InChI=1S/C18H27N3O3/c1-4-5-6-7-12-23-18(22)24-17-16-14(9-11-21(2)3)13-20-15(16)8-10-19-17/h8,10,13,20H,4-7,9,11-12H2,1-3H3. The lowest BCUT2D eigenvalue weighted by molar-refractivity contribution is 0.0963. The van der Waals surface area contributed by atoms with Gasteiger partial charge >= 0.3 is 6.16 Å². The van der Waals surface area contributed by atoms with Gasteiger partial charge in [0.05, 0.1) is 17.5 Å². The van der Waals surface area contributed by atoms with Crippen LogP contribution >= 0.6 is 0 Å². The molecule has 0 unspecified atom stereocenters. The van der Waals surface area contributed by atoms with Crippen molar-refractivity contribution in [2.45, 2.75) is 39.0 Å². The van der Waals surface area contributed by atoms with E-state index < -0.39 is 6.16 Å². The number of likely N-dealkylation sites (N-methyl/N-ethyl adjacent to an activating group) is 1. The van der Waals surface area contributed by atoms with Crippen molar-refractivity contribution in [2.24, 2.45) is 0 Å². The molecule has 2 aromatic heterocycles. The van der Waals surface area contributed by atoms with Crippen LogP contribution in [0.15, 0.2) is 18.5 Å². The first kappa shape index (κ1) is 18.3. The number of pyridine rings is 1. The lowest BCUT2D eigenvalue weighted by Crippen LogP contribution is -2.15. The van der Waals surface area contributed by atoms with Crippen molar-refractivity contribution < 1.29 is 14.3 Å². The van der Waals surface area contributed by atoms with Crippen molar-refractivity contribution in [1.82, 2.24) is 14.9 Å². The Hall–Kier alpha value is -2.08. The molecule has 6 nitrogen and oxygen atoms in total. The molecule has 6 heteroatoms. The molecule has 2 rings (SSSR count). The fourth-order valence-corrected chi connectivity index (χ4v) is 2.52. The van der Waals surface area contributed by atoms with E-state index in [0.717, 1.165) is 55.1 Å². The molecule has 0 amide bonds. The van der Waals surface area contributed by atoms with Crippen LogP contribution in [-0.2, 0) is 11.2 Å². The van der Waals surface area contributed by atoms with Gasteiger partial charge in [-0.2, -0.15) is 0 Å². The molecule has 132 valence electrons. The number of rotatable bonds is 9. The zero-order valence-corrected chi connectivity index (χ0v) is 14.8. The van der Waals surface area contributed by atoms with Crippen molar-refractivity contribution in [3.63, 3.8) is 0 Å². The molecule has 0 atom stereocenters. The molecule has 24 heavy (non-hydrogen) atoms. The summed E-state index contributed by atoms with van der Waals surface area (Å²) in [4.78, 5) is 21.4. The molecule has 0 aliphatic rings. The first-order valence-electron chi connectivity index (χ1n) is 8.56. The van der Waals surface area contributed by atoms with E-state index in [2.05, 4.69) is 21.8 Å². The third-order valence-corrected chi connectivity index (χ3v) is 3.87. The van der Waals surface area contributed by atoms with E-state index in [1.807, 2.05) is 26.4 Å². The molecule has 0 spiro atoms. The largest absolute Gasteiger partial charge is 0.515 e. The molecule has 2 heterocycles. The van der Waals surface area contributed by atoms with E-state index in [0.29, 0.717) is 12.5 Å². The van der Waals surface area contributed by atoms with E-state index in [1.54, 1.807) is 6.20 Å². The lowest BCUT2D eigenvalue weighted by atomic mass is 10.1. The van der Waals surface area contributed by atoms with Gasteiger partial charge < -0.3 is 19.4 Å². The third-order valence-electron chi connectivity index (χ3n) is 3.87. The molecule has 0 saturated heterocycles. The number of H-pyrrole nitrogens is 1. The van der Waals surface area contributed by atoms with Crippen molar-refractivity contribution >= 4 is 17.1 Å². The number of hydrogen-bond donors (Lipinski definition) is 1. The second-order valence-corrected chi connectivity index (χ2v) is 6.17. The third kappa shape index (κ3) is 5.23. The predicted molar refractivity (Wildman–Crippen MR) is 94.5 cm³/mol. The number of fused-ring (bicyclic) bond motifs is 1. The maximum atomic E-state index is 11.9. The average Bonchev–Trinajstić information content (AvgIpc) is 2.97. The Balaban J connectivity index is 2.00. The van der Waals surface area contributed by atoms with E-state index in [9.17, 15) is 4.79 Å². The Morgan fingerprint density at radius 2 is 2.12 bits per heavy atom. The number of hydrogen-bond acceptors (Lipinski definition) is 5. The average molecular weight is 333 g/mol. The van der Waals surface area contributed by atoms with Crippen LogP contribution in [0.2, 0.25) is 0 Å². The summed E-state index contributed by atoms with van der Waals surface area (Å²) in [7, 11) is 4.06. The Labute approximate surface area is 143 Å². The molecule has 0 aliphatic heterocycles. The summed E-state index contributed by atoms with van der Waals surface area (Å²) >= 11 is 0. The summed E-state index contributed by atoms with van der Waals surface area (Å²) in [6.45, 7) is 3.44. The van der Waals surface area contributed by atoms with Crippen LogP contribution in [0.4, 0.5) is 4.79 Å². The Bertz CT molecular complexity index is 652. The number of nitrogens with zero attached hydrogens (tertiary/aromatic N) is 2. The van der Waals surface area contributed by atoms with Gasteiger partial charge in [-0.3, -0.25) is 0 Å². The SMILES string of the molecule is CCCCCCOC(=O)Oc1nccc2[nH]cc(CCN(C)C)c12. The van der Waals surface area contributed by atoms with Gasteiger partial charge in [-0.05, 0) is 38.6 Å². The van der Waals surface area contributed by atoms with Crippen molar-refractivity contribution in [2.75, 3.05) is 27.2 Å². The van der Waals surface area contributed by atoms with E-state index in [1.165, 1.54) is 0 Å². The zero-order valence-electron chi connectivity index (χ0n) is 14.8. The molecule has 1 N–H and O–H groups in total.